The Kier molecular flexibility index (Phi) is 4.59. The summed E-state index contributed by atoms with van der Waals surface area (Å²) in [4.78, 5) is 16.8. The van der Waals surface area contributed by atoms with Gasteiger partial charge >= 0.3 is 0 Å². The molecule has 3 aliphatic rings. The molecule has 0 aromatic carbocycles. The second-order valence-corrected chi connectivity index (χ2v) is 7.35. The molecule has 4 rings (SSSR count). The number of amides is 1. The van der Waals surface area contributed by atoms with E-state index in [9.17, 15) is 4.79 Å². The van der Waals surface area contributed by atoms with Gasteiger partial charge in [-0.3, -0.25) is 4.79 Å². The fraction of sp³-hybridized carbons (Fsp3) is 0.778. The number of nitrogens with one attached hydrogen (secondary N) is 1. The van der Waals surface area contributed by atoms with Crippen molar-refractivity contribution in [3.05, 3.63) is 18.2 Å². The Labute approximate surface area is 142 Å². The minimum atomic E-state index is -0.374. The van der Waals surface area contributed by atoms with Crippen LogP contribution in [0, 0.1) is 5.92 Å². The molecule has 0 bridgehead atoms. The number of carbonyl (C=O) groups excluding carboxylic acids is 1. The van der Waals surface area contributed by atoms with Crippen molar-refractivity contribution in [1.29, 1.82) is 0 Å². The van der Waals surface area contributed by atoms with Gasteiger partial charge in [0.15, 0.2) is 5.79 Å². The van der Waals surface area contributed by atoms with Crippen molar-refractivity contribution in [2.24, 2.45) is 5.92 Å². The third-order valence-electron chi connectivity index (χ3n) is 5.60. The molecular weight excluding hydrogens is 306 g/mol. The van der Waals surface area contributed by atoms with Gasteiger partial charge in [0.25, 0.3) is 0 Å². The number of nitrogens with zero attached hydrogens (tertiary/aromatic N) is 2. The van der Waals surface area contributed by atoms with Crippen molar-refractivity contribution < 1.29 is 14.3 Å². The van der Waals surface area contributed by atoms with Crippen LogP contribution in [0.25, 0.3) is 0 Å². The third kappa shape index (κ3) is 3.35. The lowest BCUT2D eigenvalue weighted by molar-refractivity contribution is -0.175. The predicted octanol–water partition coefficient (Wildman–Crippen LogP) is 2.03. The van der Waals surface area contributed by atoms with Crippen molar-refractivity contribution in [3.8, 4) is 0 Å². The van der Waals surface area contributed by atoms with E-state index < -0.39 is 0 Å². The van der Waals surface area contributed by atoms with E-state index in [1.807, 2.05) is 12.4 Å². The first-order valence-electron chi connectivity index (χ1n) is 9.34. The van der Waals surface area contributed by atoms with E-state index in [0.29, 0.717) is 13.2 Å². The molecule has 1 saturated heterocycles. The van der Waals surface area contributed by atoms with E-state index in [1.54, 1.807) is 0 Å². The Morgan fingerprint density at radius 1 is 1.33 bits per heavy atom. The van der Waals surface area contributed by atoms with Crippen LogP contribution in [-0.2, 0) is 27.2 Å². The molecule has 0 unspecified atom stereocenters. The molecule has 6 heteroatoms. The molecule has 6 nitrogen and oxygen atoms in total. The highest BCUT2D eigenvalue weighted by Crippen LogP contribution is 2.36. The lowest BCUT2D eigenvalue weighted by Gasteiger charge is -2.27. The van der Waals surface area contributed by atoms with Gasteiger partial charge in [-0.15, -0.1) is 0 Å². The Hall–Kier alpha value is -1.40. The van der Waals surface area contributed by atoms with E-state index in [4.69, 9.17) is 9.47 Å². The summed E-state index contributed by atoms with van der Waals surface area (Å²) in [6.45, 7) is 2.01. The van der Waals surface area contributed by atoms with Crippen molar-refractivity contribution in [3.63, 3.8) is 0 Å². The minimum Gasteiger partial charge on any atom is -0.353 e. The summed E-state index contributed by atoms with van der Waals surface area (Å²) in [5, 5.41) is 3.07. The van der Waals surface area contributed by atoms with Gasteiger partial charge in [-0.2, -0.15) is 0 Å². The number of ether oxygens (including phenoxy) is 2. The normalized spacial score (nSPS) is 29.2. The van der Waals surface area contributed by atoms with E-state index in [1.165, 1.54) is 25.7 Å². The smallest absolute Gasteiger partial charge is 0.223 e. The SMILES string of the molecule is O=C(NC[C@@H]1COC2(CCCCCC2)O1)[C@@H]1CCn2ccnc2C1. The van der Waals surface area contributed by atoms with Crippen molar-refractivity contribution in [2.75, 3.05) is 13.2 Å². The van der Waals surface area contributed by atoms with Gasteiger partial charge in [0, 0.05) is 50.7 Å². The molecule has 1 aromatic rings. The monoisotopic (exact) mass is 333 g/mol. The summed E-state index contributed by atoms with van der Waals surface area (Å²) in [7, 11) is 0. The summed E-state index contributed by atoms with van der Waals surface area (Å²) in [6.07, 6.45) is 12.3. The highest BCUT2D eigenvalue weighted by Gasteiger charge is 2.41. The summed E-state index contributed by atoms with van der Waals surface area (Å²) in [6, 6.07) is 0. The second kappa shape index (κ2) is 6.84. The van der Waals surface area contributed by atoms with E-state index in [2.05, 4.69) is 14.9 Å². The van der Waals surface area contributed by atoms with Crippen LogP contribution in [0.15, 0.2) is 12.4 Å². The van der Waals surface area contributed by atoms with Crippen LogP contribution >= 0.6 is 0 Å². The molecule has 1 saturated carbocycles. The number of rotatable bonds is 3. The first-order chi connectivity index (χ1) is 11.7. The second-order valence-electron chi connectivity index (χ2n) is 7.35. The van der Waals surface area contributed by atoms with E-state index in [-0.39, 0.29) is 23.7 Å². The molecule has 24 heavy (non-hydrogen) atoms. The molecule has 2 aliphatic heterocycles. The summed E-state index contributed by atoms with van der Waals surface area (Å²) in [5.41, 5.74) is 0. The third-order valence-corrected chi connectivity index (χ3v) is 5.60. The number of aromatic nitrogens is 2. The number of hydrogen-bond donors (Lipinski definition) is 1. The van der Waals surface area contributed by atoms with Gasteiger partial charge in [0.1, 0.15) is 11.9 Å². The molecule has 1 amide bonds. The van der Waals surface area contributed by atoms with Gasteiger partial charge in [-0.05, 0) is 19.3 Å². The van der Waals surface area contributed by atoms with Crippen molar-refractivity contribution in [1.82, 2.24) is 14.9 Å². The topological polar surface area (TPSA) is 65.4 Å². The minimum absolute atomic E-state index is 0.0161. The van der Waals surface area contributed by atoms with Crippen LogP contribution in [0.5, 0.6) is 0 Å². The van der Waals surface area contributed by atoms with Crippen LogP contribution in [-0.4, -0.2) is 40.5 Å². The molecule has 2 fully saturated rings. The number of imidazole rings is 1. The average Bonchev–Trinajstić information content (AvgIpc) is 3.15. The van der Waals surface area contributed by atoms with Crippen molar-refractivity contribution >= 4 is 5.91 Å². The molecule has 1 aliphatic carbocycles. The Morgan fingerprint density at radius 2 is 2.17 bits per heavy atom. The quantitative estimate of drug-likeness (QED) is 0.919. The molecule has 132 valence electrons. The predicted molar refractivity (Wildman–Crippen MR) is 88.3 cm³/mol. The highest BCUT2D eigenvalue weighted by atomic mass is 16.7. The number of fused-ring (bicyclic) bond motifs is 1. The summed E-state index contributed by atoms with van der Waals surface area (Å²) >= 11 is 0. The molecule has 1 aromatic heterocycles. The summed E-state index contributed by atoms with van der Waals surface area (Å²) < 4.78 is 14.3. The largest absolute Gasteiger partial charge is 0.353 e. The van der Waals surface area contributed by atoms with Crippen LogP contribution in [0.3, 0.4) is 0 Å². The molecule has 2 atom stereocenters. The van der Waals surface area contributed by atoms with E-state index >= 15 is 0 Å². The van der Waals surface area contributed by atoms with Crippen LogP contribution < -0.4 is 5.32 Å². The van der Waals surface area contributed by atoms with Crippen LogP contribution in [0.4, 0.5) is 0 Å². The van der Waals surface area contributed by atoms with Crippen molar-refractivity contribution in [2.45, 2.75) is 69.8 Å². The zero-order valence-corrected chi connectivity index (χ0v) is 14.2. The summed E-state index contributed by atoms with van der Waals surface area (Å²) in [5.74, 6) is 0.782. The number of aryl methyl sites for hydroxylation is 1. The standard InChI is InChI=1S/C18H27N3O3/c22-17(14-5-9-21-10-8-19-16(21)11-14)20-12-15-13-23-18(24-15)6-3-1-2-4-7-18/h8,10,14-15H,1-7,9,11-13H2,(H,20,22)/t14-,15-/m1/s1. The Bertz CT molecular complexity index is 578. The maximum absolute atomic E-state index is 12.5. The Balaban J connectivity index is 1.26. The van der Waals surface area contributed by atoms with Gasteiger partial charge in [0.2, 0.25) is 5.91 Å². The molecular formula is C18H27N3O3. The lowest BCUT2D eigenvalue weighted by atomic mass is 9.97. The number of hydrogen-bond acceptors (Lipinski definition) is 4. The van der Waals surface area contributed by atoms with E-state index in [0.717, 1.165) is 38.1 Å². The fourth-order valence-corrected chi connectivity index (χ4v) is 4.18. The fourth-order valence-electron chi connectivity index (χ4n) is 4.18. The van der Waals surface area contributed by atoms with Crippen LogP contribution in [0.1, 0.15) is 50.8 Å². The van der Waals surface area contributed by atoms with Gasteiger partial charge in [0.05, 0.1) is 6.61 Å². The molecule has 0 radical (unpaired) electrons. The first kappa shape index (κ1) is 16.1. The first-order valence-corrected chi connectivity index (χ1v) is 9.34. The number of carbonyl (C=O) groups is 1. The van der Waals surface area contributed by atoms with Gasteiger partial charge < -0.3 is 19.4 Å². The highest BCUT2D eigenvalue weighted by molar-refractivity contribution is 5.79. The Morgan fingerprint density at radius 3 is 3.00 bits per heavy atom. The van der Waals surface area contributed by atoms with Crippen LogP contribution in [0.2, 0.25) is 0 Å². The molecule has 3 heterocycles. The lowest BCUT2D eigenvalue weighted by Crippen LogP contribution is -2.40. The maximum atomic E-state index is 12.5. The molecule has 1 spiro atoms. The van der Waals surface area contributed by atoms with Gasteiger partial charge in [-0.25, -0.2) is 4.98 Å². The maximum Gasteiger partial charge on any atom is 0.223 e. The zero-order valence-electron chi connectivity index (χ0n) is 14.2. The van der Waals surface area contributed by atoms with Gasteiger partial charge in [-0.1, -0.05) is 12.8 Å². The average molecular weight is 333 g/mol. The molecule has 1 N–H and O–H groups in total. The zero-order chi connectivity index (χ0) is 16.4.